The number of nitrogens with zero attached hydrogens (tertiary/aromatic N) is 1. The Hall–Kier alpha value is -0.808. The molecule has 0 atom stereocenters. The van der Waals surface area contributed by atoms with Crippen LogP contribution in [0.25, 0.3) is 11.1 Å². The van der Waals surface area contributed by atoms with Crippen molar-refractivity contribution in [2.24, 2.45) is 0 Å². The average molecular weight is 331 g/mol. The minimum absolute atomic E-state index is 0.705. The second-order valence-corrected chi connectivity index (χ2v) is 5.37. The van der Waals surface area contributed by atoms with Gasteiger partial charge < -0.3 is 0 Å². The van der Waals surface area contributed by atoms with E-state index >= 15 is 0 Å². The lowest BCUT2D eigenvalue weighted by Crippen LogP contribution is -1.99. The van der Waals surface area contributed by atoms with E-state index in [1.807, 2.05) is 24.3 Å². The topological polar surface area (TPSA) is 23.8 Å². The second kappa shape index (κ2) is 5.02. The van der Waals surface area contributed by atoms with Crippen molar-refractivity contribution in [3.8, 4) is 17.2 Å². The molecule has 0 aromatic heterocycles. The van der Waals surface area contributed by atoms with Gasteiger partial charge in [0.2, 0.25) is 0 Å². The van der Waals surface area contributed by atoms with E-state index in [-0.39, 0.29) is 0 Å². The van der Waals surface area contributed by atoms with Crippen LogP contribution in [0.2, 0.25) is 0 Å². The summed E-state index contributed by atoms with van der Waals surface area (Å²) in [7, 11) is 0. The highest BCUT2D eigenvalue weighted by Gasteiger charge is 2.01. The number of halogens is 1. The molecule has 0 fully saturated rings. The number of hydrogen-bond acceptors (Lipinski definition) is 1. The molecule has 0 aliphatic rings. The summed E-state index contributed by atoms with van der Waals surface area (Å²) >= 11 is 4.90. The van der Waals surface area contributed by atoms with Gasteiger partial charge in [0.25, 0.3) is 0 Å². The Kier molecular flexibility index (Phi) is 3.66. The third-order valence-corrected chi connectivity index (χ3v) is 3.28. The van der Waals surface area contributed by atoms with Crippen LogP contribution in [0.3, 0.4) is 0 Å². The maximum Gasteiger partial charge on any atom is 0.175 e. The van der Waals surface area contributed by atoms with Crippen LogP contribution in [-0.2, 0) is 0 Å². The summed E-state index contributed by atoms with van der Waals surface area (Å²) in [5, 5.41) is 8.92. The standard InChI is InChI=1S/C13H7IN.Al/c14-13-7-10(9-15)6-12(8-13)11-4-2-1-3-5-11;/h2-8H;. The van der Waals surface area contributed by atoms with E-state index in [0.717, 1.165) is 19.1 Å². The van der Waals surface area contributed by atoms with Gasteiger partial charge in [-0.2, -0.15) is 5.26 Å². The lowest BCUT2D eigenvalue weighted by atomic mass is 10.0. The molecule has 1 nitrogen and oxygen atoms in total. The van der Waals surface area contributed by atoms with Crippen LogP contribution >= 0.6 is 22.6 Å². The lowest BCUT2D eigenvalue weighted by Gasteiger charge is -2.04. The van der Waals surface area contributed by atoms with Crippen LogP contribution in [0.4, 0.5) is 0 Å². The van der Waals surface area contributed by atoms with Gasteiger partial charge in [-0.05, 0) is 51.9 Å². The molecule has 16 heavy (non-hydrogen) atoms. The van der Waals surface area contributed by atoms with Crippen LogP contribution in [0.1, 0.15) is 5.56 Å². The Morgan fingerprint density at radius 1 is 1.00 bits per heavy atom. The van der Waals surface area contributed by atoms with E-state index < -0.39 is 0 Å². The molecule has 0 aliphatic heterocycles. The largest absolute Gasteiger partial charge is 0.192 e. The van der Waals surface area contributed by atoms with Gasteiger partial charge in [-0.3, -0.25) is 0 Å². The van der Waals surface area contributed by atoms with Crippen molar-refractivity contribution in [3.63, 3.8) is 0 Å². The van der Waals surface area contributed by atoms with Gasteiger partial charge in [0.05, 0.1) is 11.6 Å². The van der Waals surface area contributed by atoms with Crippen LogP contribution < -0.4 is 4.43 Å². The SMILES string of the molecule is N#Cc1cc(I)cc(-c2cc[c]([Al])cc2)c1. The van der Waals surface area contributed by atoms with Gasteiger partial charge in [-0.15, -0.1) is 4.43 Å². The second-order valence-electron chi connectivity index (χ2n) is 3.46. The van der Waals surface area contributed by atoms with Gasteiger partial charge in [-0.1, -0.05) is 24.3 Å². The Morgan fingerprint density at radius 3 is 2.31 bits per heavy atom. The molecule has 0 unspecified atom stereocenters. The first-order valence-corrected chi connectivity index (χ1v) is 6.41. The van der Waals surface area contributed by atoms with Gasteiger partial charge in [0, 0.05) is 3.57 Å². The maximum absolute atomic E-state index is 8.92. The zero-order valence-corrected chi connectivity index (χ0v) is 11.8. The zero-order valence-electron chi connectivity index (χ0n) is 8.44. The van der Waals surface area contributed by atoms with Gasteiger partial charge >= 0.3 is 0 Å². The van der Waals surface area contributed by atoms with Crippen LogP contribution in [0, 0.1) is 14.9 Å². The molecule has 0 heterocycles. The molecule has 0 saturated carbocycles. The molecule has 2 aromatic carbocycles. The molecule has 74 valence electrons. The molecular formula is C13H7AlIN. The van der Waals surface area contributed by atoms with E-state index in [4.69, 9.17) is 5.26 Å². The third kappa shape index (κ3) is 2.65. The summed E-state index contributed by atoms with van der Waals surface area (Å²) in [4.78, 5) is 0. The highest BCUT2D eigenvalue weighted by atomic mass is 127. The van der Waals surface area contributed by atoms with Crippen molar-refractivity contribution in [2.45, 2.75) is 0 Å². The van der Waals surface area contributed by atoms with Crippen LogP contribution in [0.15, 0.2) is 42.5 Å². The van der Waals surface area contributed by atoms with Gasteiger partial charge in [-0.25, -0.2) is 0 Å². The number of benzene rings is 2. The first-order valence-electron chi connectivity index (χ1n) is 4.75. The summed E-state index contributed by atoms with van der Waals surface area (Å²) in [6, 6.07) is 16.3. The maximum atomic E-state index is 8.92. The van der Waals surface area contributed by atoms with Gasteiger partial charge in [0.1, 0.15) is 0 Å². The monoisotopic (exact) mass is 331 g/mol. The molecule has 0 amide bonds. The van der Waals surface area contributed by atoms with Crippen molar-refractivity contribution in [1.82, 2.24) is 0 Å². The highest BCUT2D eigenvalue weighted by Crippen LogP contribution is 2.22. The molecule has 2 aromatic rings. The molecule has 0 spiro atoms. The van der Waals surface area contributed by atoms with Gasteiger partial charge in [0.15, 0.2) is 16.3 Å². The predicted molar refractivity (Wildman–Crippen MR) is 74.7 cm³/mol. The molecule has 0 aliphatic carbocycles. The Balaban J connectivity index is 2.52. The minimum atomic E-state index is 0.705. The predicted octanol–water partition coefficient (Wildman–Crippen LogP) is 2.62. The highest BCUT2D eigenvalue weighted by molar-refractivity contribution is 14.1. The summed E-state index contributed by atoms with van der Waals surface area (Å²) < 4.78 is 2.25. The van der Waals surface area contributed by atoms with Crippen molar-refractivity contribution < 1.29 is 0 Å². The molecule has 0 saturated heterocycles. The number of hydrogen-bond donors (Lipinski definition) is 0. The fourth-order valence-electron chi connectivity index (χ4n) is 1.50. The Labute approximate surface area is 117 Å². The summed E-state index contributed by atoms with van der Waals surface area (Å²) in [5.74, 6) is 0. The molecule has 0 N–H and O–H groups in total. The normalized spacial score (nSPS) is 9.75. The molecule has 2 rings (SSSR count). The van der Waals surface area contributed by atoms with Crippen molar-refractivity contribution in [2.75, 3.05) is 0 Å². The molecule has 0 bridgehead atoms. The third-order valence-electron chi connectivity index (χ3n) is 2.27. The van der Waals surface area contributed by atoms with Crippen LogP contribution in [-0.4, -0.2) is 16.3 Å². The number of rotatable bonds is 1. The minimum Gasteiger partial charge on any atom is -0.192 e. The zero-order chi connectivity index (χ0) is 11.5. The molecule has 3 heteroatoms. The van der Waals surface area contributed by atoms with Crippen molar-refractivity contribution in [1.29, 1.82) is 5.26 Å². The Morgan fingerprint density at radius 2 is 1.69 bits per heavy atom. The first kappa shape index (κ1) is 11.7. The smallest absolute Gasteiger partial charge is 0.175 e. The van der Waals surface area contributed by atoms with E-state index in [2.05, 4.69) is 63.1 Å². The fraction of sp³-hybridized carbons (Fsp3) is 0. The summed E-state index contributed by atoms with van der Waals surface area (Å²) in [6.45, 7) is 0. The number of nitriles is 1. The van der Waals surface area contributed by atoms with Crippen molar-refractivity contribution >= 4 is 43.3 Å². The van der Waals surface area contributed by atoms with E-state index in [9.17, 15) is 0 Å². The quantitative estimate of drug-likeness (QED) is 0.582. The fourth-order valence-corrected chi connectivity index (χ4v) is 2.36. The van der Waals surface area contributed by atoms with E-state index in [1.165, 1.54) is 0 Å². The summed E-state index contributed by atoms with van der Waals surface area (Å²) in [6.07, 6.45) is 0. The van der Waals surface area contributed by atoms with E-state index in [1.54, 1.807) is 0 Å². The first-order chi connectivity index (χ1) is 7.69. The average Bonchev–Trinajstić information content (AvgIpc) is 2.29. The van der Waals surface area contributed by atoms with Crippen LogP contribution in [0.5, 0.6) is 0 Å². The Bertz CT molecular complexity index is 555. The lowest BCUT2D eigenvalue weighted by molar-refractivity contribution is 1.47. The molecule has 2 radical (unpaired) electrons. The molecular weight excluding hydrogens is 324 g/mol. The van der Waals surface area contributed by atoms with Crippen molar-refractivity contribution in [3.05, 3.63) is 51.6 Å². The summed E-state index contributed by atoms with van der Waals surface area (Å²) in [5.41, 5.74) is 2.94. The van der Waals surface area contributed by atoms with E-state index in [0.29, 0.717) is 5.56 Å².